The summed E-state index contributed by atoms with van der Waals surface area (Å²) in [5, 5.41) is 10.8. The maximum atomic E-state index is 10.1. The van der Waals surface area contributed by atoms with Gasteiger partial charge in [-0.2, -0.15) is 0 Å². The normalized spacial score (nSPS) is 6.93. The van der Waals surface area contributed by atoms with Crippen LogP contribution in [0.3, 0.4) is 0 Å². The maximum absolute atomic E-state index is 10.1. The fourth-order valence-electron chi connectivity index (χ4n) is 0.679. The molecule has 0 amide bonds. The second kappa shape index (κ2) is 14.6. The molecule has 0 aromatic heterocycles. The van der Waals surface area contributed by atoms with Crippen molar-refractivity contribution in [3.05, 3.63) is 35.9 Å². The van der Waals surface area contributed by atoms with Gasteiger partial charge in [0.15, 0.2) is 6.16 Å². The summed E-state index contributed by atoms with van der Waals surface area (Å²) < 4.78 is 10.1. The van der Waals surface area contributed by atoms with Crippen LogP contribution in [0.25, 0.3) is 0 Å². The number of carbonyl (C=O) groups excluding carboxylic acids is 2. The molecule has 5 nitrogen and oxygen atoms in total. The van der Waals surface area contributed by atoms with Crippen molar-refractivity contribution in [3.63, 3.8) is 0 Å². The molecule has 0 saturated carbocycles. The van der Waals surface area contributed by atoms with E-state index >= 15 is 0 Å². The van der Waals surface area contributed by atoms with Crippen molar-refractivity contribution < 1.29 is 14.2 Å². The summed E-state index contributed by atoms with van der Waals surface area (Å²) in [5.74, 6) is 0. The molecule has 0 fully saturated rings. The molecule has 0 aliphatic carbocycles. The summed E-state index contributed by atoms with van der Waals surface area (Å²) in [4.78, 5) is 16.7. The third kappa shape index (κ3) is 14.9. The molecule has 0 aliphatic rings. The molecule has 1 unspecified atom stereocenters. The van der Waals surface area contributed by atoms with Crippen molar-refractivity contribution in [2.45, 2.75) is 6.16 Å². The fourth-order valence-corrected chi connectivity index (χ4v) is 1.08. The van der Waals surface area contributed by atoms with Gasteiger partial charge >= 0.3 is 8.46 Å². The minimum Gasteiger partial charge on any atom is -0.222 e. The van der Waals surface area contributed by atoms with E-state index in [1.807, 2.05) is 30.3 Å². The minimum absolute atomic E-state index is 0.215. The standard InChI is InChI=1S/C7H7OP.2CHNO/c8-9-6-7-4-2-1-3-5-7;2*2-1-3/h1-5H,6H2;2*2H/p+1. The Hall–Kier alpha value is -1.92. The highest BCUT2D eigenvalue weighted by Crippen LogP contribution is 2.06. The number of hydrogen-bond acceptors (Lipinski definition) is 5. The predicted molar refractivity (Wildman–Crippen MR) is 56.0 cm³/mol. The average molecular weight is 225 g/mol. The van der Waals surface area contributed by atoms with Gasteiger partial charge in [0.05, 0.1) is 0 Å². The van der Waals surface area contributed by atoms with Gasteiger partial charge in [-0.05, 0) is 5.56 Å². The number of isocyanates is 2. The molecule has 1 rings (SSSR count). The van der Waals surface area contributed by atoms with E-state index in [1.54, 1.807) is 0 Å². The fraction of sp³-hybridized carbons (Fsp3) is 0.111. The molecule has 6 heteroatoms. The first-order valence-corrected chi connectivity index (χ1v) is 4.85. The smallest absolute Gasteiger partial charge is 0.222 e. The molecule has 0 radical (unpaired) electrons. The Labute approximate surface area is 88.4 Å². The Morgan fingerprint density at radius 3 is 1.80 bits per heavy atom. The first-order chi connectivity index (χ1) is 7.26. The third-order valence-electron chi connectivity index (χ3n) is 1.12. The van der Waals surface area contributed by atoms with Gasteiger partial charge in [-0.1, -0.05) is 34.9 Å². The molecule has 78 valence electrons. The lowest BCUT2D eigenvalue weighted by Crippen LogP contribution is -1.71. The lowest BCUT2D eigenvalue weighted by atomic mass is 10.2. The van der Waals surface area contributed by atoms with Crippen LogP contribution in [0.5, 0.6) is 0 Å². The second-order valence-corrected chi connectivity index (χ2v) is 2.65. The minimum atomic E-state index is -0.215. The molecule has 1 atom stereocenters. The van der Waals surface area contributed by atoms with Gasteiger partial charge in [-0.3, -0.25) is 0 Å². The molecule has 1 aromatic carbocycles. The third-order valence-corrected chi connectivity index (χ3v) is 1.67. The van der Waals surface area contributed by atoms with E-state index in [4.69, 9.17) is 20.4 Å². The van der Waals surface area contributed by atoms with Crippen LogP contribution in [0.4, 0.5) is 0 Å². The molecule has 0 aliphatic heterocycles. The second-order valence-electron chi connectivity index (χ2n) is 2.01. The topological polar surface area (TPSA) is 98.9 Å². The Morgan fingerprint density at radius 1 is 1.07 bits per heavy atom. The van der Waals surface area contributed by atoms with Crippen LogP contribution >= 0.6 is 8.46 Å². The molecular formula is C9H10N2O3P+. The molecular weight excluding hydrogens is 215 g/mol. The van der Waals surface area contributed by atoms with E-state index < -0.39 is 0 Å². The predicted octanol–water partition coefficient (Wildman–Crippen LogP) is 2.01. The zero-order valence-corrected chi connectivity index (χ0v) is 8.82. The Kier molecular flexibility index (Phi) is 15.1. The Bertz CT molecular complexity index is 316. The van der Waals surface area contributed by atoms with E-state index in [0.717, 1.165) is 17.7 Å². The van der Waals surface area contributed by atoms with Crippen molar-refractivity contribution in [2.75, 3.05) is 0 Å². The molecule has 0 heterocycles. The van der Waals surface area contributed by atoms with Crippen molar-refractivity contribution in [1.82, 2.24) is 0 Å². The summed E-state index contributed by atoms with van der Waals surface area (Å²) in [6.07, 6.45) is 2.18. The van der Waals surface area contributed by atoms with Gasteiger partial charge in [0.25, 0.3) is 0 Å². The molecule has 2 N–H and O–H groups in total. The highest BCUT2D eigenvalue weighted by atomic mass is 31.1. The van der Waals surface area contributed by atoms with Crippen molar-refractivity contribution in [3.8, 4) is 0 Å². The molecule has 0 bridgehead atoms. The number of rotatable bonds is 2. The van der Waals surface area contributed by atoms with Crippen LogP contribution in [0, 0.1) is 10.8 Å². The summed E-state index contributed by atoms with van der Waals surface area (Å²) in [7, 11) is -0.215. The number of nitrogens with one attached hydrogen (secondary N) is 2. The lowest BCUT2D eigenvalue weighted by molar-refractivity contribution is 0.562. The van der Waals surface area contributed by atoms with Crippen LogP contribution in [0.2, 0.25) is 0 Å². The van der Waals surface area contributed by atoms with Crippen LogP contribution in [-0.2, 0) is 20.3 Å². The molecule has 15 heavy (non-hydrogen) atoms. The summed E-state index contributed by atoms with van der Waals surface area (Å²) in [6.45, 7) is 0. The number of benzene rings is 1. The van der Waals surface area contributed by atoms with Crippen molar-refractivity contribution in [1.29, 1.82) is 10.8 Å². The Morgan fingerprint density at radius 2 is 1.47 bits per heavy atom. The van der Waals surface area contributed by atoms with E-state index in [9.17, 15) is 4.57 Å². The lowest BCUT2D eigenvalue weighted by Gasteiger charge is -1.84. The first kappa shape index (κ1) is 15.5. The van der Waals surface area contributed by atoms with Crippen molar-refractivity contribution in [2.24, 2.45) is 0 Å². The summed E-state index contributed by atoms with van der Waals surface area (Å²) in [5.41, 5.74) is 1.14. The SMILES string of the molecule is N=C=O.N=C=O.O=[PH+]Cc1ccccc1. The Balaban J connectivity index is 0. The van der Waals surface area contributed by atoms with Gasteiger partial charge in [0.2, 0.25) is 12.2 Å². The zero-order chi connectivity index (χ0) is 11.9. The van der Waals surface area contributed by atoms with Gasteiger partial charge in [0.1, 0.15) is 0 Å². The highest BCUT2D eigenvalue weighted by molar-refractivity contribution is 7.22. The van der Waals surface area contributed by atoms with E-state index in [2.05, 4.69) is 0 Å². The van der Waals surface area contributed by atoms with E-state index in [-0.39, 0.29) is 8.46 Å². The van der Waals surface area contributed by atoms with Crippen LogP contribution in [-0.4, -0.2) is 12.2 Å². The van der Waals surface area contributed by atoms with Gasteiger partial charge in [0, 0.05) is 0 Å². The summed E-state index contributed by atoms with van der Waals surface area (Å²) in [6, 6.07) is 9.82. The largest absolute Gasteiger partial charge is 0.329 e. The zero-order valence-electron chi connectivity index (χ0n) is 7.82. The number of hydrogen-bond donors (Lipinski definition) is 2. The van der Waals surface area contributed by atoms with Crippen LogP contribution in [0.15, 0.2) is 30.3 Å². The average Bonchev–Trinajstić information content (AvgIpc) is 2.22. The monoisotopic (exact) mass is 225 g/mol. The maximum Gasteiger partial charge on any atom is 0.329 e. The van der Waals surface area contributed by atoms with Crippen molar-refractivity contribution >= 4 is 20.6 Å². The van der Waals surface area contributed by atoms with E-state index in [0.29, 0.717) is 6.16 Å². The highest BCUT2D eigenvalue weighted by Gasteiger charge is 1.92. The summed E-state index contributed by atoms with van der Waals surface area (Å²) >= 11 is 0. The molecule has 0 saturated heterocycles. The van der Waals surface area contributed by atoms with Crippen LogP contribution in [0.1, 0.15) is 5.56 Å². The van der Waals surface area contributed by atoms with E-state index in [1.165, 1.54) is 0 Å². The van der Waals surface area contributed by atoms with Gasteiger partial charge < -0.3 is 0 Å². The van der Waals surface area contributed by atoms with Crippen LogP contribution < -0.4 is 0 Å². The van der Waals surface area contributed by atoms with Gasteiger partial charge in [-0.25, -0.2) is 20.4 Å². The molecule has 0 spiro atoms. The first-order valence-electron chi connectivity index (χ1n) is 3.73. The molecule has 1 aromatic rings. The van der Waals surface area contributed by atoms with Gasteiger partial charge in [-0.15, -0.1) is 0 Å². The quantitative estimate of drug-likeness (QED) is 0.457.